The normalized spacial score (nSPS) is 45.2. The summed E-state index contributed by atoms with van der Waals surface area (Å²) in [6.45, 7) is 0. The number of piperidine rings is 1. The zero-order valence-corrected chi connectivity index (χ0v) is 13.1. The molecule has 1 aliphatic carbocycles. The Kier molecular flexibility index (Phi) is 4.18. The SMILES string of the molecule is COC1(C(F)F)CCC(C23CCC(CC(C(N)=O)C2)N3)CC1. The lowest BCUT2D eigenvalue weighted by molar-refractivity contribution is -0.150. The first kappa shape index (κ1) is 16.1. The molecule has 3 fully saturated rings. The van der Waals surface area contributed by atoms with Crippen molar-refractivity contribution in [2.45, 2.75) is 75.0 Å². The van der Waals surface area contributed by atoms with Crippen molar-refractivity contribution < 1.29 is 18.3 Å². The first-order valence-electron chi connectivity index (χ1n) is 8.31. The Morgan fingerprint density at radius 2 is 1.95 bits per heavy atom. The van der Waals surface area contributed by atoms with Gasteiger partial charge >= 0.3 is 0 Å². The van der Waals surface area contributed by atoms with E-state index in [-0.39, 0.29) is 17.4 Å². The number of hydrogen-bond acceptors (Lipinski definition) is 3. The number of amides is 1. The second-order valence-electron chi connectivity index (χ2n) is 7.42. The van der Waals surface area contributed by atoms with E-state index in [4.69, 9.17) is 10.5 Å². The van der Waals surface area contributed by atoms with Crippen molar-refractivity contribution >= 4 is 5.91 Å². The highest BCUT2D eigenvalue weighted by atomic mass is 19.3. The monoisotopic (exact) mass is 316 g/mol. The number of hydrogen-bond donors (Lipinski definition) is 2. The average molecular weight is 316 g/mol. The Balaban J connectivity index is 1.71. The fraction of sp³-hybridized carbons (Fsp3) is 0.938. The van der Waals surface area contributed by atoms with Gasteiger partial charge < -0.3 is 15.8 Å². The van der Waals surface area contributed by atoms with Crippen molar-refractivity contribution in [3.8, 4) is 0 Å². The Bertz CT molecular complexity index is 438. The summed E-state index contributed by atoms with van der Waals surface area (Å²) in [5.41, 5.74) is 4.17. The summed E-state index contributed by atoms with van der Waals surface area (Å²) < 4.78 is 31.8. The number of carbonyl (C=O) groups excluding carboxylic acids is 1. The number of carbonyl (C=O) groups is 1. The van der Waals surface area contributed by atoms with Gasteiger partial charge in [-0.1, -0.05) is 0 Å². The Morgan fingerprint density at radius 3 is 2.50 bits per heavy atom. The molecule has 0 radical (unpaired) electrons. The summed E-state index contributed by atoms with van der Waals surface area (Å²) >= 11 is 0. The van der Waals surface area contributed by atoms with Gasteiger partial charge in [0.05, 0.1) is 0 Å². The van der Waals surface area contributed by atoms with E-state index in [1.807, 2.05) is 0 Å². The summed E-state index contributed by atoms with van der Waals surface area (Å²) in [5.74, 6) is 0.0482. The summed E-state index contributed by atoms with van der Waals surface area (Å²) in [7, 11) is 1.39. The van der Waals surface area contributed by atoms with Gasteiger partial charge in [0, 0.05) is 24.6 Å². The lowest BCUT2D eigenvalue weighted by atomic mass is 9.66. The van der Waals surface area contributed by atoms with Gasteiger partial charge in [-0.2, -0.15) is 0 Å². The van der Waals surface area contributed by atoms with Crippen LogP contribution in [0.1, 0.15) is 51.4 Å². The minimum atomic E-state index is -2.44. The molecular formula is C16H26F2N2O2. The number of alkyl halides is 2. The number of methoxy groups -OCH3 is 1. The van der Waals surface area contributed by atoms with E-state index in [0.717, 1.165) is 38.5 Å². The quantitative estimate of drug-likeness (QED) is 0.836. The van der Waals surface area contributed by atoms with E-state index in [9.17, 15) is 13.6 Å². The van der Waals surface area contributed by atoms with E-state index in [1.54, 1.807) is 0 Å². The smallest absolute Gasteiger partial charge is 0.267 e. The van der Waals surface area contributed by atoms with E-state index >= 15 is 0 Å². The van der Waals surface area contributed by atoms with Gasteiger partial charge in [0.1, 0.15) is 5.60 Å². The molecule has 1 saturated carbocycles. The van der Waals surface area contributed by atoms with Gasteiger partial charge in [-0.25, -0.2) is 8.78 Å². The maximum atomic E-state index is 13.3. The molecule has 2 aliphatic heterocycles. The number of halogens is 2. The number of primary amides is 1. The van der Waals surface area contributed by atoms with Crippen LogP contribution >= 0.6 is 0 Å². The molecule has 6 heteroatoms. The van der Waals surface area contributed by atoms with Crippen LogP contribution in [0.15, 0.2) is 0 Å². The van der Waals surface area contributed by atoms with Crippen LogP contribution in [-0.4, -0.2) is 36.6 Å². The van der Waals surface area contributed by atoms with Crippen LogP contribution in [0.3, 0.4) is 0 Å². The number of fused-ring (bicyclic) bond motifs is 2. The molecule has 0 aromatic rings. The number of ether oxygens (including phenoxy) is 1. The highest BCUT2D eigenvalue weighted by Gasteiger charge is 2.54. The number of nitrogens with one attached hydrogen (secondary N) is 1. The molecule has 3 atom stereocenters. The molecule has 2 saturated heterocycles. The van der Waals surface area contributed by atoms with Gasteiger partial charge in [-0.15, -0.1) is 0 Å². The molecule has 2 heterocycles. The van der Waals surface area contributed by atoms with Crippen molar-refractivity contribution in [2.75, 3.05) is 7.11 Å². The van der Waals surface area contributed by atoms with Gasteiger partial charge in [-0.3, -0.25) is 4.79 Å². The number of rotatable bonds is 4. The summed E-state index contributed by atoms with van der Waals surface area (Å²) in [5, 5.41) is 3.70. The van der Waals surface area contributed by atoms with E-state index in [2.05, 4.69) is 5.32 Å². The van der Waals surface area contributed by atoms with Gasteiger partial charge in [0.2, 0.25) is 5.91 Å². The second kappa shape index (κ2) is 5.71. The molecule has 3 aliphatic rings. The Hall–Kier alpha value is -0.750. The zero-order chi connectivity index (χ0) is 16.0. The van der Waals surface area contributed by atoms with Crippen LogP contribution < -0.4 is 11.1 Å². The molecule has 0 aromatic carbocycles. The lowest BCUT2D eigenvalue weighted by Gasteiger charge is -2.48. The predicted octanol–water partition coefficient (Wildman–Crippen LogP) is 2.21. The number of nitrogens with two attached hydrogens (primary N) is 1. The largest absolute Gasteiger partial charge is 0.372 e. The fourth-order valence-electron chi connectivity index (χ4n) is 5.06. The molecule has 126 valence electrons. The van der Waals surface area contributed by atoms with Gasteiger partial charge in [0.15, 0.2) is 0 Å². The average Bonchev–Trinajstić information content (AvgIpc) is 2.82. The third-order valence-electron chi connectivity index (χ3n) is 6.43. The molecule has 3 N–H and O–H groups in total. The fourth-order valence-corrected chi connectivity index (χ4v) is 5.06. The Morgan fingerprint density at radius 1 is 1.27 bits per heavy atom. The van der Waals surface area contributed by atoms with Crippen LogP contribution in [0.4, 0.5) is 8.78 Å². The third-order valence-corrected chi connectivity index (χ3v) is 6.43. The predicted molar refractivity (Wildman–Crippen MR) is 78.5 cm³/mol. The molecular weight excluding hydrogens is 290 g/mol. The van der Waals surface area contributed by atoms with E-state index in [0.29, 0.717) is 24.8 Å². The highest BCUT2D eigenvalue weighted by molar-refractivity contribution is 5.77. The van der Waals surface area contributed by atoms with Crippen LogP contribution in [0.5, 0.6) is 0 Å². The summed E-state index contributed by atoms with van der Waals surface area (Å²) in [6, 6.07) is 0.357. The van der Waals surface area contributed by atoms with Crippen molar-refractivity contribution in [3.05, 3.63) is 0 Å². The van der Waals surface area contributed by atoms with Crippen molar-refractivity contribution in [1.29, 1.82) is 0 Å². The topological polar surface area (TPSA) is 64.3 Å². The molecule has 0 aromatic heterocycles. The minimum Gasteiger partial charge on any atom is -0.372 e. The lowest BCUT2D eigenvalue weighted by Crippen LogP contribution is -2.58. The van der Waals surface area contributed by atoms with Crippen molar-refractivity contribution in [2.24, 2.45) is 17.6 Å². The van der Waals surface area contributed by atoms with Crippen LogP contribution in [0.25, 0.3) is 0 Å². The van der Waals surface area contributed by atoms with Crippen molar-refractivity contribution in [3.63, 3.8) is 0 Å². The first-order chi connectivity index (χ1) is 10.4. The van der Waals surface area contributed by atoms with Gasteiger partial charge in [-0.05, 0) is 57.3 Å². The van der Waals surface area contributed by atoms with Crippen molar-refractivity contribution in [1.82, 2.24) is 5.32 Å². The zero-order valence-electron chi connectivity index (χ0n) is 13.1. The van der Waals surface area contributed by atoms with E-state index < -0.39 is 12.0 Å². The maximum absolute atomic E-state index is 13.3. The molecule has 0 spiro atoms. The molecule has 1 amide bonds. The molecule has 2 bridgehead atoms. The summed E-state index contributed by atoms with van der Waals surface area (Å²) in [4.78, 5) is 11.6. The standard InChI is InChI=1S/C16H26F2N2O2/c1-22-16(14(17)18)6-2-11(3-7-16)15-5-4-12(20-15)8-10(9-15)13(19)21/h10-12,14,20H,2-9H2,1H3,(H2,19,21). The minimum absolute atomic E-state index is 0.0713. The molecule has 4 nitrogen and oxygen atoms in total. The van der Waals surface area contributed by atoms with Crippen LogP contribution in [-0.2, 0) is 9.53 Å². The third kappa shape index (κ3) is 2.54. The van der Waals surface area contributed by atoms with Crippen LogP contribution in [0.2, 0.25) is 0 Å². The van der Waals surface area contributed by atoms with Crippen LogP contribution in [0, 0.1) is 11.8 Å². The molecule has 3 rings (SSSR count). The van der Waals surface area contributed by atoms with E-state index in [1.165, 1.54) is 7.11 Å². The second-order valence-corrected chi connectivity index (χ2v) is 7.42. The Labute approximate surface area is 130 Å². The highest BCUT2D eigenvalue weighted by Crippen LogP contribution is 2.50. The first-order valence-corrected chi connectivity index (χ1v) is 8.31. The maximum Gasteiger partial charge on any atom is 0.267 e. The van der Waals surface area contributed by atoms with Gasteiger partial charge in [0.25, 0.3) is 6.43 Å². The molecule has 3 unspecified atom stereocenters. The summed E-state index contributed by atoms with van der Waals surface area (Å²) in [6.07, 6.45) is 3.46. The molecule has 22 heavy (non-hydrogen) atoms.